The van der Waals surface area contributed by atoms with Crippen molar-refractivity contribution in [2.75, 3.05) is 19.6 Å². The van der Waals surface area contributed by atoms with E-state index in [-0.39, 0.29) is 0 Å². The molecule has 1 heterocycles. The van der Waals surface area contributed by atoms with Gasteiger partial charge in [0.15, 0.2) is 0 Å². The predicted molar refractivity (Wildman–Crippen MR) is 64.2 cm³/mol. The van der Waals surface area contributed by atoms with Crippen LogP contribution in [0.1, 0.15) is 44.9 Å². The molecule has 0 aromatic heterocycles. The molecule has 0 amide bonds. The summed E-state index contributed by atoms with van der Waals surface area (Å²) in [6.45, 7) is 3.12. The van der Waals surface area contributed by atoms with Crippen molar-refractivity contribution >= 4 is 6.08 Å². The lowest BCUT2D eigenvalue weighted by Crippen LogP contribution is -2.42. The molecule has 0 aromatic carbocycles. The number of aliphatic imine (C=N–C) groups is 1. The minimum Gasteiger partial charge on any atom is -0.300 e. The molecule has 0 radical (unpaired) electrons. The van der Waals surface area contributed by atoms with Gasteiger partial charge in [-0.15, -0.1) is 0 Å². The van der Waals surface area contributed by atoms with Gasteiger partial charge in [-0.1, -0.05) is 19.3 Å². The zero-order valence-corrected chi connectivity index (χ0v) is 10.0. The lowest BCUT2D eigenvalue weighted by Gasteiger charge is -2.38. The zero-order valence-electron chi connectivity index (χ0n) is 10.0. The summed E-state index contributed by atoms with van der Waals surface area (Å²) in [6, 6.07) is 0.851. The molecule has 16 heavy (non-hydrogen) atoms. The van der Waals surface area contributed by atoms with Crippen LogP contribution in [0.25, 0.3) is 0 Å². The quantitative estimate of drug-likeness (QED) is 0.542. The number of hydrogen-bond donors (Lipinski definition) is 0. The highest BCUT2D eigenvalue weighted by Gasteiger charge is 2.25. The van der Waals surface area contributed by atoms with E-state index in [2.05, 4.69) is 9.89 Å². The van der Waals surface area contributed by atoms with E-state index < -0.39 is 0 Å². The highest BCUT2D eigenvalue weighted by molar-refractivity contribution is 5.32. The molecule has 2 aliphatic rings. The molecule has 0 atom stereocenters. The minimum atomic E-state index is 0.626. The van der Waals surface area contributed by atoms with Gasteiger partial charge in [-0.3, -0.25) is 0 Å². The van der Waals surface area contributed by atoms with Crippen molar-refractivity contribution in [1.29, 1.82) is 0 Å². The Morgan fingerprint density at radius 2 is 1.75 bits per heavy atom. The monoisotopic (exact) mass is 222 g/mol. The maximum atomic E-state index is 10.1. The first-order valence-corrected chi connectivity index (χ1v) is 6.68. The maximum absolute atomic E-state index is 10.1. The van der Waals surface area contributed by atoms with Crippen molar-refractivity contribution in [3.8, 4) is 0 Å². The van der Waals surface area contributed by atoms with Gasteiger partial charge in [0.2, 0.25) is 6.08 Å². The van der Waals surface area contributed by atoms with Crippen LogP contribution in [0.5, 0.6) is 0 Å². The lowest BCUT2D eigenvalue weighted by atomic mass is 9.90. The van der Waals surface area contributed by atoms with Crippen molar-refractivity contribution in [3.63, 3.8) is 0 Å². The molecule has 90 valence electrons. The summed E-state index contributed by atoms with van der Waals surface area (Å²) in [6.07, 6.45) is 11.1. The van der Waals surface area contributed by atoms with E-state index in [0.717, 1.165) is 6.04 Å². The molecule has 3 nitrogen and oxygen atoms in total. The van der Waals surface area contributed by atoms with Crippen LogP contribution in [0.3, 0.4) is 0 Å². The Bertz CT molecular complexity index is 247. The van der Waals surface area contributed by atoms with Gasteiger partial charge in [-0.25, -0.2) is 9.79 Å². The summed E-state index contributed by atoms with van der Waals surface area (Å²) >= 11 is 0. The Morgan fingerprint density at radius 3 is 2.38 bits per heavy atom. The molecule has 2 fully saturated rings. The van der Waals surface area contributed by atoms with Gasteiger partial charge in [-0.05, 0) is 44.7 Å². The summed E-state index contributed by atoms with van der Waals surface area (Å²) in [4.78, 5) is 16.4. The molecule has 1 saturated heterocycles. The van der Waals surface area contributed by atoms with Crippen molar-refractivity contribution in [3.05, 3.63) is 0 Å². The largest absolute Gasteiger partial charge is 0.300 e. The Labute approximate surface area is 97.9 Å². The van der Waals surface area contributed by atoms with Gasteiger partial charge in [0, 0.05) is 6.04 Å². The topological polar surface area (TPSA) is 32.7 Å². The average molecular weight is 222 g/mol. The molecular formula is C13H22N2O. The van der Waals surface area contributed by atoms with Crippen molar-refractivity contribution < 1.29 is 4.79 Å². The number of carbonyl (C=O) groups excluding carboxylic acids is 1. The van der Waals surface area contributed by atoms with Crippen LogP contribution in [0, 0.1) is 5.92 Å². The number of piperidine rings is 1. The maximum Gasteiger partial charge on any atom is 0.234 e. The van der Waals surface area contributed by atoms with E-state index in [1.807, 2.05) is 0 Å². The second-order valence-electron chi connectivity index (χ2n) is 5.20. The second-order valence-corrected chi connectivity index (χ2v) is 5.20. The fraction of sp³-hybridized carbons (Fsp3) is 0.923. The van der Waals surface area contributed by atoms with Crippen LogP contribution in [-0.2, 0) is 4.79 Å². The molecule has 0 unspecified atom stereocenters. The van der Waals surface area contributed by atoms with Gasteiger partial charge >= 0.3 is 0 Å². The number of isocyanates is 1. The third-order valence-electron chi connectivity index (χ3n) is 4.15. The number of likely N-dealkylation sites (tertiary alicyclic amines) is 1. The summed E-state index contributed by atoms with van der Waals surface area (Å²) in [7, 11) is 0. The van der Waals surface area contributed by atoms with Gasteiger partial charge < -0.3 is 4.90 Å². The van der Waals surface area contributed by atoms with Crippen LogP contribution in [-0.4, -0.2) is 36.7 Å². The molecule has 0 spiro atoms. The number of rotatable bonds is 3. The molecule has 0 aromatic rings. The molecule has 1 aliphatic heterocycles. The van der Waals surface area contributed by atoms with E-state index >= 15 is 0 Å². The molecule has 0 bridgehead atoms. The smallest absolute Gasteiger partial charge is 0.234 e. The second kappa shape index (κ2) is 6.17. The van der Waals surface area contributed by atoms with Crippen LogP contribution in [0.15, 0.2) is 4.99 Å². The number of nitrogens with zero attached hydrogens (tertiary/aromatic N) is 2. The van der Waals surface area contributed by atoms with E-state index in [0.29, 0.717) is 12.5 Å². The summed E-state index contributed by atoms with van der Waals surface area (Å²) < 4.78 is 0. The molecule has 2 rings (SSSR count). The van der Waals surface area contributed by atoms with Crippen LogP contribution in [0.4, 0.5) is 0 Å². The standard InChI is InChI=1S/C13H22N2O/c16-11-14-10-12-6-8-15(9-7-12)13-4-2-1-3-5-13/h12-13H,1-10H2. The number of hydrogen-bond acceptors (Lipinski definition) is 3. The van der Waals surface area contributed by atoms with Crippen LogP contribution in [0.2, 0.25) is 0 Å². The predicted octanol–water partition coefficient (Wildman–Crippen LogP) is 2.37. The summed E-state index contributed by atoms with van der Waals surface area (Å²) in [5.74, 6) is 0.626. The van der Waals surface area contributed by atoms with Crippen molar-refractivity contribution in [1.82, 2.24) is 4.90 Å². The summed E-state index contributed by atoms with van der Waals surface area (Å²) in [5, 5.41) is 0. The van der Waals surface area contributed by atoms with Gasteiger partial charge in [0.05, 0.1) is 6.54 Å². The highest BCUT2D eigenvalue weighted by Crippen LogP contribution is 2.27. The average Bonchev–Trinajstić information content (AvgIpc) is 2.38. The van der Waals surface area contributed by atoms with Gasteiger partial charge in [-0.2, -0.15) is 0 Å². The molecule has 3 heteroatoms. The van der Waals surface area contributed by atoms with E-state index in [9.17, 15) is 4.79 Å². The third kappa shape index (κ3) is 3.16. The first kappa shape index (κ1) is 11.8. The SMILES string of the molecule is O=C=NCC1CCN(C2CCCCC2)CC1. The third-order valence-corrected chi connectivity index (χ3v) is 4.15. The summed E-state index contributed by atoms with van der Waals surface area (Å²) in [5.41, 5.74) is 0. The fourth-order valence-electron chi connectivity index (χ4n) is 3.11. The highest BCUT2D eigenvalue weighted by atomic mass is 16.1. The Hall–Kier alpha value is -0.660. The van der Waals surface area contributed by atoms with Crippen molar-refractivity contribution in [2.45, 2.75) is 51.0 Å². The Kier molecular flexibility index (Phi) is 4.55. The van der Waals surface area contributed by atoms with E-state index in [4.69, 9.17) is 0 Å². The Balaban J connectivity index is 1.73. The normalized spacial score (nSPS) is 25.2. The van der Waals surface area contributed by atoms with Gasteiger partial charge in [0.1, 0.15) is 0 Å². The first-order valence-electron chi connectivity index (χ1n) is 6.68. The van der Waals surface area contributed by atoms with E-state index in [1.54, 1.807) is 6.08 Å². The van der Waals surface area contributed by atoms with Gasteiger partial charge in [0.25, 0.3) is 0 Å². The molecule has 1 saturated carbocycles. The Morgan fingerprint density at radius 1 is 1.06 bits per heavy atom. The molecule has 1 aliphatic carbocycles. The van der Waals surface area contributed by atoms with Crippen LogP contribution >= 0.6 is 0 Å². The zero-order chi connectivity index (χ0) is 11.2. The minimum absolute atomic E-state index is 0.626. The molecular weight excluding hydrogens is 200 g/mol. The lowest BCUT2D eigenvalue weighted by molar-refractivity contribution is 0.109. The van der Waals surface area contributed by atoms with E-state index in [1.165, 1.54) is 58.0 Å². The van der Waals surface area contributed by atoms with Crippen molar-refractivity contribution in [2.24, 2.45) is 10.9 Å². The molecule has 0 N–H and O–H groups in total. The fourth-order valence-corrected chi connectivity index (χ4v) is 3.11. The van der Waals surface area contributed by atoms with Crippen LogP contribution < -0.4 is 0 Å². The first-order chi connectivity index (χ1) is 7.90.